The number of hydrogen-bond acceptors (Lipinski definition) is 4. The maximum atomic E-state index is 12.8. The van der Waals surface area contributed by atoms with Crippen molar-refractivity contribution in [3.63, 3.8) is 0 Å². The van der Waals surface area contributed by atoms with Crippen molar-refractivity contribution in [1.29, 1.82) is 0 Å². The lowest BCUT2D eigenvalue weighted by Gasteiger charge is -2.36. The Labute approximate surface area is 165 Å². The summed E-state index contributed by atoms with van der Waals surface area (Å²) in [5.41, 5.74) is 4.31. The lowest BCUT2D eigenvalue weighted by Crippen LogP contribution is -2.44. The van der Waals surface area contributed by atoms with Crippen molar-refractivity contribution in [2.45, 2.75) is 31.8 Å². The van der Waals surface area contributed by atoms with Gasteiger partial charge in [0.05, 0.1) is 6.54 Å². The van der Waals surface area contributed by atoms with Crippen LogP contribution in [0.3, 0.4) is 0 Å². The molecule has 0 unspecified atom stereocenters. The highest BCUT2D eigenvalue weighted by molar-refractivity contribution is 7.99. The Bertz CT molecular complexity index is 796. The van der Waals surface area contributed by atoms with E-state index in [0.29, 0.717) is 11.7 Å². The molecule has 2 aromatic rings. The highest BCUT2D eigenvalue weighted by Crippen LogP contribution is 2.29. The summed E-state index contributed by atoms with van der Waals surface area (Å²) in [7, 11) is 3.63. The maximum Gasteiger partial charge on any atom is 0.274 e. The number of thioether (sulfide) groups is 1. The molecule has 0 bridgehead atoms. The van der Waals surface area contributed by atoms with Crippen LogP contribution in [0, 0.1) is 0 Å². The Morgan fingerprint density at radius 3 is 2.67 bits per heavy atom. The van der Waals surface area contributed by atoms with Crippen LogP contribution >= 0.6 is 11.8 Å². The van der Waals surface area contributed by atoms with Gasteiger partial charge in [-0.15, -0.1) is 0 Å². The Morgan fingerprint density at radius 2 is 1.96 bits per heavy atom. The van der Waals surface area contributed by atoms with E-state index in [0.717, 1.165) is 25.8 Å². The monoisotopic (exact) mass is 384 g/mol. The van der Waals surface area contributed by atoms with Gasteiger partial charge in [-0.1, -0.05) is 30.3 Å². The summed E-state index contributed by atoms with van der Waals surface area (Å²) in [6.45, 7) is 3.06. The van der Waals surface area contributed by atoms with Crippen LogP contribution < -0.4 is 0 Å². The van der Waals surface area contributed by atoms with Gasteiger partial charge in [0.2, 0.25) is 0 Å². The molecule has 1 aliphatic carbocycles. The van der Waals surface area contributed by atoms with Gasteiger partial charge in [-0.25, -0.2) is 0 Å². The fraction of sp³-hybridized carbons (Fsp3) is 0.524. The van der Waals surface area contributed by atoms with E-state index in [4.69, 9.17) is 5.10 Å². The van der Waals surface area contributed by atoms with Crippen LogP contribution in [0.4, 0.5) is 0 Å². The van der Waals surface area contributed by atoms with E-state index >= 15 is 0 Å². The lowest BCUT2D eigenvalue weighted by atomic mass is 9.90. The molecule has 144 valence electrons. The zero-order valence-corrected chi connectivity index (χ0v) is 17.0. The summed E-state index contributed by atoms with van der Waals surface area (Å²) in [6, 6.07) is 10.9. The fourth-order valence-electron chi connectivity index (χ4n) is 4.19. The first kappa shape index (κ1) is 18.6. The molecular formula is C21H28N4OS. The zero-order valence-electron chi connectivity index (χ0n) is 16.2. The highest BCUT2D eigenvalue weighted by atomic mass is 32.2. The number of rotatable bonds is 4. The molecule has 1 amide bonds. The fourth-order valence-corrected chi connectivity index (χ4v) is 5.13. The molecule has 2 heterocycles. The quantitative estimate of drug-likeness (QED) is 0.812. The van der Waals surface area contributed by atoms with Crippen molar-refractivity contribution < 1.29 is 4.79 Å². The molecule has 6 heteroatoms. The standard InChI is InChI=1S/C21H28N4OS/c1-23(2)21(26)20-18-14-17(24-10-12-27-13-11-24)8-9-19(18)25(22-20)15-16-6-4-3-5-7-16/h3-7,17H,8-15H2,1-2H3/t17-/m0/s1. The summed E-state index contributed by atoms with van der Waals surface area (Å²) < 4.78 is 2.07. The first-order valence-electron chi connectivity index (χ1n) is 9.79. The normalized spacial score (nSPS) is 20.3. The summed E-state index contributed by atoms with van der Waals surface area (Å²) >= 11 is 2.05. The molecular weight excluding hydrogens is 356 g/mol. The molecule has 4 rings (SSSR count). The zero-order chi connectivity index (χ0) is 18.8. The van der Waals surface area contributed by atoms with Gasteiger partial charge in [-0.05, 0) is 24.8 Å². The molecule has 1 fully saturated rings. The van der Waals surface area contributed by atoms with E-state index in [-0.39, 0.29) is 5.91 Å². The van der Waals surface area contributed by atoms with Crippen LogP contribution in [-0.2, 0) is 19.4 Å². The van der Waals surface area contributed by atoms with E-state index in [9.17, 15) is 4.79 Å². The number of carbonyl (C=O) groups excluding carboxylic acids is 1. The summed E-state index contributed by atoms with van der Waals surface area (Å²) in [4.78, 5) is 17.1. The molecule has 0 N–H and O–H groups in total. The minimum atomic E-state index is 0.0212. The third kappa shape index (κ3) is 3.92. The number of benzene rings is 1. The SMILES string of the molecule is CN(C)C(=O)c1nn(Cc2ccccc2)c2c1C[C@@H](N1CCSCC1)CC2. The highest BCUT2D eigenvalue weighted by Gasteiger charge is 2.32. The van der Waals surface area contributed by atoms with Gasteiger partial charge in [0.1, 0.15) is 0 Å². The number of carbonyl (C=O) groups is 1. The number of hydrogen-bond donors (Lipinski definition) is 0. The van der Waals surface area contributed by atoms with Gasteiger partial charge in [0.15, 0.2) is 5.69 Å². The van der Waals surface area contributed by atoms with Crippen molar-refractivity contribution in [1.82, 2.24) is 19.6 Å². The number of fused-ring (bicyclic) bond motifs is 1. The third-order valence-electron chi connectivity index (χ3n) is 5.67. The van der Waals surface area contributed by atoms with Gasteiger partial charge in [0, 0.05) is 56.0 Å². The van der Waals surface area contributed by atoms with E-state index < -0.39 is 0 Å². The van der Waals surface area contributed by atoms with E-state index in [1.165, 1.54) is 41.4 Å². The number of nitrogens with zero attached hydrogens (tertiary/aromatic N) is 4. The van der Waals surface area contributed by atoms with Crippen LogP contribution in [0.1, 0.15) is 33.7 Å². The third-order valence-corrected chi connectivity index (χ3v) is 6.61. The van der Waals surface area contributed by atoms with Gasteiger partial charge in [-0.3, -0.25) is 14.4 Å². The minimum absolute atomic E-state index is 0.0212. The van der Waals surface area contributed by atoms with Gasteiger partial charge >= 0.3 is 0 Å². The van der Waals surface area contributed by atoms with Crippen LogP contribution in [0.15, 0.2) is 30.3 Å². The van der Waals surface area contributed by atoms with Gasteiger partial charge < -0.3 is 4.90 Å². The second-order valence-electron chi connectivity index (χ2n) is 7.66. The smallest absolute Gasteiger partial charge is 0.274 e. The minimum Gasteiger partial charge on any atom is -0.343 e. The van der Waals surface area contributed by atoms with E-state index in [2.05, 4.69) is 33.8 Å². The summed E-state index contributed by atoms with van der Waals surface area (Å²) in [5.74, 6) is 2.47. The average Bonchev–Trinajstić information content (AvgIpc) is 3.06. The molecule has 0 radical (unpaired) electrons. The molecule has 0 saturated carbocycles. The Morgan fingerprint density at radius 1 is 1.22 bits per heavy atom. The molecule has 1 aromatic heterocycles. The van der Waals surface area contributed by atoms with Crippen LogP contribution in [0.2, 0.25) is 0 Å². The largest absolute Gasteiger partial charge is 0.343 e. The molecule has 2 aliphatic rings. The van der Waals surface area contributed by atoms with Crippen LogP contribution in [0.5, 0.6) is 0 Å². The Balaban J connectivity index is 1.64. The average molecular weight is 385 g/mol. The lowest BCUT2D eigenvalue weighted by molar-refractivity contribution is 0.0819. The van der Waals surface area contributed by atoms with Crippen molar-refractivity contribution in [3.05, 3.63) is 52.8 Å². The second-order valence-corrected chi connectivity index (χ2v) is 8.89. The van der Waals surface area contributed by atoms with Crippen LogP contribution in [0.25, 0.3) is 0 Å². The number of aromatic nitrogens is 2. The Hall–Kier alpha value is -1.79. The molecule has 1 atom stereocenters. The summed E-state index contributed by atoms with van der Waals surface area (Å²) in [6.07, 6.45) is 3.11. The molecule has 5 nitrogen and oxygen atoms in total. The van der Waals surface area contributed by atoms with Crippen molar-refractivity contribution in [2.24, 2.45) is 0 Å². The maximum absolute atomic E-state index is 12.8. The molecule has 1 aliphatic heterocycles. The Kier molecular flexibility index (Phi) is 5.55. The van der Waals surface area contributed by atoms with Crippen molar-refractivity contribution in [2.75, 3.05) is 38.7 Å². The first-order chi connectivity index (χ1) is 13.1. The van der Waals surface area contributed by atoms with Gasteiger partial charge in [-0.2, -0.15) is 16.9 Å². The van der Waals surface area contributed by atoms with E-state index in [1.807, 2.05) is 31.9 Å². The van der Waals surface area contributed by atoms with Crippen molar-refractivity contribution in [3.8, 4) is 0 Å². The molecule has 1 saturated heterocycles. The molecule has 27 heavy (non-hydrogen) atoms. The number of amides is 1. The predicted octanol–water partition coefficient (Wildman–Crippen LogP) is 2.54. The van der Waals surface area contributed by atoms with Gasteiger partial charge in [0.25, 0.3) is 5.91 Å². The molecule has 1 aromatic carbocycles. The topological polar surface area (TPSA) is 41.4 Å². The van der Waals surface area contributed by atoms with E-state index in [1.54, 1.807) is 4.90 Å². The predicted molar refractivity (Wildman–Crippen MR) is 110 cm³/mol. The first-order valence-corrected chi connectivity index (χ1v) is 10.9. The summed E-state index contributed by atoms with van der Waals surface area (Å²) in [5, 5.41) is 4.79. The van der Waals surface area contributed by atoms with Crippen molar-refractivity contribution >= 4 is 17.7 Å². The molecule has 0 spiro atoms. The second kappa shape index (κ2) is 8.07. The van der Waals surface area contributed by atoms with Crippen LogP contribution in [-0.4, -0.2) is 70.2 Å².